The number of amides is 1. The summed E-state index contributed by atoms with van der Waals surface area (Å²) in [6.07, 6.45) is 1.94. The van der Waals surface area contributed by atoms with Crippen LogP contribution in [-0.2, 0) is 9.53 Å². The SMILES string of the molecule is COCC(=O)N1CCCC(c2nc(C(C)C)no2)C1. The van der Waals surface area contributed by atoms with Gasteiger partial charge in [0.15, 0.2) is 5.82 Å². The number of carbonyl (C=O) groups excluding carboxylic acids is 1. The zero-order valence-electron chi connectivity index (χ0n) is 11.8. The molecule has 0 aromatic carbocycles. The van der Waals surface area contributed by atoms with Crippen LogP contribution in [0.1, 0.15) is 50.2 Å². The normalized spacial score (nSPS) is 20.0. The van der Waals surface area contributed by atoms with E-state index in [0.717, 1.165) is 25.2 Å². The fraction of sp³-hybridized carbons (Fsp3) is 0.769. The van der Waals surface area contributed by atoms with Crippen molar-refractivity contribution in [2.45, 2.75) is 38.5 Å². The largest absolute Gasteiger partial charge is 0.375 e. The van der Waals surface area contributed by atoms with Crippen molar-refractivity contribution in [2.24, 2.45) is 0 Å². The molecule has 0 N–H and O–H groups in total. The summed E-state index contributed by atoms with van der Waals surface area (Å²) in [5.74, 6) is 1.81. The van der Waals surface area contributed by atoms with Gasteiger partial charge in [0, 0.05) is 26.1 Å². The van der Waals surface area contributed by atoms with Gasteiger partial charge >= 0.3 is 0 Å². The molecule has 2 rings (SSSR count). The number of hydrogen-bond donors (Lipinski definition) is 0. The van der Waals surface area contributed by atoms with Crippen LogP contribution in [0.2, 0.25) is 0 Å². The number of piperidine rings is 1. The van der Waals surface area contributed by atoms with E-state index in [-0.39, 0.29) is 24.3 Å². The van der Waals surface area contributed by atoms with Gasteiger partial charge in [-0.05, 0) is 12.8 Å². The molecule has 1 aromatic heterocycles. The maximum Gasteiger partial charge on any atom is 0.248 e. The quantitative estimate of drug-likeness (QED) is 0.827. The Balaban J connectivity index is 2.02. The summed E-state index contributed by atoms with van der Waals surface area (Å²) in [5, 5.41) is 3.98. The number of likely N-dealkylation sites (tertiary alicyclic amines) is 1. The maximum absolute atomic E-state index is 11.8. The summed E-state index contributed by atoms with van der Waals surface area (Å²) in [5.41, 5.74) is 0. The van der Waals surface area contributed by atoms with Gasteiger partial charge in [0.25, 0.3) is 0 Å². The van der Waals surface area contributed by atoms with E-state index in [1.54, 1.807) is 0 Å². The van der Waals surface area contributed by atoms with E-state index < -0.39 is 0 Å². The van der Waals surface area contributed by atoms with Crippen LogP contribution in [0.25, 0.3) is 0 Å². The smallest absolute Gasteiger partial charge is 0.248 e. The molecule has 1 unspecified atom stereocenters. The zero-order valence-corrected chi connectivity index (χ0v) is 11.8. The standard InChI is InChI=1S/C13H21N3O3/c1-9(2)12-14-13(19-15-12)10-5-4-6-16(7-10)11(17)8-18-3/h9-10H,4-8H2,1-3H3. The van der Waals surface area contributed by atoms with E-state index in [1.807, 2.05) is 18.7 Å². The number of methoxy groups -OCH3 is 1. The average molecular weight is 267 g/mol. The van der Waals surface area contributed by atoms with E-state index in [2.05, 4.69) is 10.1 Å². The summed E-state index contributed by atoms with van der Waals surface area (Å²) in [4.78, 5) is 18.1. The number of rotatable bonds is 4. The minimum atomic E-state index is 0.0239. The lowest BCUT2D eigenvalue weighted by atomic mass is 9.98. The van der Waals surface area contributed by atoms with Crippen molar-refractivity contribution >= 4 is 5.91 Å². The van der Waals surface area contributed by atoms with Gasteiger partial charge in [0.05, 0.1) is 5.92 Å². The van der Waals surface area contributed by atoms with Gasteiger partial charge in [0.2, 0.25) is 11.8 Å². The molecule has 0 radical (unpaired) electrons. The van der Waals surface area contributed by atoms with Crippen LogP contribution in [-0.4, -0.2) is 47.8 Å². The Labute approximate surface area is 113 Å². The third-order valence-electron chi connectivity index (χ3n) is 3.36. The van der Waals surface area contributed by atoms with Crippen LogP contribution >= 0.6 is 0 Å². The van der Waals surface area contributed by atoms with Crippen molar-refractivity contribution in [2.75, 3.05) is 26.8 Å². The van der Waals surface area contributed by atoms with Crippen molar-refractivity contribution in [3.63, 3.8) is 0 Å². The van der Waals surface area contributed by atoms with Crippen LogP contribution < -0.4 is 0 Å². The lowest BCUT2D eigenvalue weighted by molar-refractivity contribution is -0.136. The van der Waals surface area contributed by atoms with Crippen LogP contribution in [0.3, 0.4) is 0 Å². The van der Waals surface area contributed by atoms with Gasteiger partial charge < -0.3 is 14.2 Å². The Morgan fingerprint density at radius 3 is 3.00 bits per heavy atom. The molecule has 6 nitrogen and oxygen atoms in total. The van der Waals surface area contributed by atoms with Gasteiger partial charge in [-0.15, -0.1) is 0 Å². The first-order chi connectivity index (χ1) is 9.11. The highest BCUT2D eigenvalue weighted by atomic mass is 16.5. The molecule has 1 aliphatic rings. The lowest BCUT2D eigenvalue weighted by Gasteiger charge is -2.30. The molecule has 1 aromatic rings. The van der Waals surface area contributed by atoms with Gasteiger partial charge in [0.1, 0.15) is 6.61 Å². The molecule has 6 heteroatoms. The topological polar surface area (TPSA) is 68.5 Å². The van der Waals surface area contributed by atoms with Crippen molar-refractivity contribution < 1.29 is 14.1 Å². The molecule has 1 atom stereocenters. The molecule has 19 heavy (non-hydrogen) atoms. The summed E-state index contributed by atoms with van der Waals surface area (Å²) in [7, 11) is 1.53. The number of aromatic nitrogens is 2. The number of nitrogens with zero attached hydrogens (tertiary/aromatic N) is 3. The fourth-order valence-corrected chi connectivity index (χ4v) is 2.27. The monoisotopic (exact) mass is 267 g/mol. The summed E-state index contributed by atoms with van der Waals surface area (Å²) >= 11 is 0. The third-order valence-corrected chi connectivity index (χ3v) is 3.36. The molecule has 0 spiro atoms. The van der Waals surface area contributed by atoms with Gasteiger partial charge in [-0.3, -0.25) is 4.79 Å². The minimum Gasteiger partial charge on any atom is -0.375 e. The second kappa shape index (κ2) is 6.14. The number of hydrogen-bond acceptors (Lipinski definition) is 5. The lowest BCUT2D eigenvalue weighted by Crippen LogP contribution is -2.40. The van der Waals surface area contributed by atoms with Gasteiger partial charge in [-0.25, -0.2) is 0 Å². The first-order valence-corrected chi connectivity index (χ1v) is 6.72. The first kappa shape index (κ1) is 14.0. The van der Waals surface area contributed by atoms with E-state index in [0.29, 0.717) is 12.4 Å². The van der Waals surface area contributed by atoms with Crippen molar-refractivity contribution in [1.29, 1.82) is 0 Å². The average Bonchev–Trinajstić information content (AvgIpc) is 2.89. The van der Waals surface area contributed by atoms with E-state index in [4.69, 9.17) is 9.26 Å². The van der Waals surface area contributed by atoms with Crippen LogP contribution in [0.15, 0.2) is 4.52 Å². The summed E-state index contributed by atoms with van der Waals surface area (Å²) in [6.45, 7) is 5.62. The van der Waals surface area contributed by atoms with Crippen molar-refractivity contribution in [3.05, 3.63) is 11.7 Å². The molecule has 1 amide bonds. The summed E-state index contributed by atoms with van der Waals surface area (Å²) < 4.78 is 10.2. The second-order valence-electron chi connectivity index (χ2n) is 5.26. The Morgan fingerprint density at radius 2 is 2.37 bits per heavy atom. The van der Waals surface area contributed by atoms with E-state index >= 15 is 0 Å². The Bertz CT molecular complexity index is 431. The Kier molecular flexibility index (Phi) is 4.52. The number of carbonyl (C=O) groups is 1. The first-order valence-electron chi connectivity index (χ1n) is 6.72. The fourth-order valence-electron chi connectivity index (χ4n) is 2.27. The molecular formula is C13H21N3O3. The van der Waals surface area contributed by atoms with E-state index in [9.17, 15) is 4.79 Å². The maximum atomic E-state index is 11.8. The molecule has 0 saturated carbocycles. The molecule has 1 fully saturated rings. The molecule has 106 valence electrons. The highest BCUT2D eigenvalue weighted by Gasteiger charge is 2.28. The van der Waals surface area contributed by atoms with Gasteiger partial charge in [-0.1, -0.05) is 19.0 Å². The predicted molar refractivity (Wildman–Crippen MR) is 68.8 cm³/mol. The van der Waals surface area contributed by atoms with Crippen LogP contribution in [0, 0.1) is 0 Å². The molecular weight excluding hydrogens is 246 g/mol. The molecule has 0 bridgehead atoms. The zero-order chi connectivity index (χ0) is 13.8. The highest BCUT2D eigenvalue weighted by Crippen LogP contribution is 2.26. The van der Waals surface area contributed by atoms with Crippen molar-refractivity contribution in [1.82, 2.24) is 15.0 Å². The van der Waals surface area contributed by atoms with Gasteiger partial charge in [-0.2, -0.15) is 4.98 Å². The Morgan fingerprint density at radius 1 is 1.58 bits per heavy atom. The van der Waals surface area contributed by atoms with Crippen LogP contribution in [0.5, 0.6) is 0 Å². The van der Waals surface area contributed by atoms with E-state index in [1.165, 1.54) is 7.11 Å². The molecule has 0 aliphatic carbocycles. The molecule has 2 heterocycles. The minimum absolute atomic E-state index is 0.0239. The third kappa shape index (κ3) is 3.32. The summed E-state index contributed by atoms with van der Waals surface area (Å²) in [6, 6.07) is 0. The molecule has 1 saturated heterocycles. The highest BCUT2D eigenvalue weighted by molar-refractivity contribution is 5.77. The van der Waals surface area contributed by atoms with Crippen molar-refractivity contribution in [3.8, 4) is 0 Å². The van der Waals surface area contributed by atoms with Crippen LogP contribution in [0.4, 0.5) is 0 Å². The number of ether oxygens (including phenoxy) is 1. The molecule has 1 aliphatic heterocycles. The predicted octanol–water partition coefficient (Wildman–Crippen LogP) is 1.55. The Hall–Kier alpha value is -1.43. The second-order valence-corrected chi connectivity index (χ2v) is 5.26.